The number of hydrogen-bond donors (Lipinski definition) is 2. The Morgan fingerprint density at radius 3 is 2.67 bits per heavy atom. The number of carboxylic acids is 1. The predicted octanol–water partition coefficient (Wildman–Crippen LogP) is 2.33. The molecule has 0 aromatic rings. The van der Waals surface area contributed by atoms with Gasteiger partial charge in [0.2, 0.25) is 0 Å². The lowest BCUT2D eigenvalue weighted by molar-refractivity contribution is -0.136. The monoisotopic (exact) mass is 202 g/mol. The molecule has 6 heteroatoms. The second-order valence-corrected chi connectivity index (χ2v) is 6.40. The lowest BCUT2D eigenvalue weighted by Crippen LogP contribution is -2.09. The molecule has 0 aliphatic rings. The van der Waals surface area contributed by atoms with Gasteiger partial charge in [0.1, 0.15) is 5.25 Å². The normalized spacial score (nSPS) is 13.1. The third-order valence-electron chi connectivity index (χ3n) is 0.562. The number of aliphatic carboxylic acids is 1. The summed E-state index contributed by atoms with van der Waals surface area (Å²) >= 11 is 3.83. The number of rotatable bonds is 4. The highest BCUT2D eigenvalue weighted by molar-refractivity contribution is 9.24. The molecule has 0 amide bonds. The van der Waals surface area contributed by atoms with Gasteiger partial charge in [0.25, 0.3) is 0 Å². The first kappa shape index (κ1) is 9.87. The standard InChI is InChI=1S/C3H6O2S4/c1-2(3(4)5)7-9-8-6/h2,6H,1H3,(H,4,5). The van der Waals surface area contributed by atoms with Crippen molar-refractivity contribution in [3.8, 4) is 0 Å². The fourth-order valence-electron chi connectivity index (χ4n) is 0.118. The maximum Gasteiger partial charge on any atom is 0.317 e. The topological polar surface area (TPSA) is 37.3 Å². The Bertz CT molecular complexity index is 95.8. The molecule has 0 aliphatic carbocycles. The molecule has 2 nitrogen and oxygen atoms in total. The zero-order valence-electron chi connectivity index (χ0n) is 4.60. The molecule has 54 valence electrons. The minimum atomic E-state index is -0.783. The smallest absolute Gasteiger partial charge is 0.317 e. The van der Waals surface area contributed by atoms with Gasteiger partial charge in [-0.15, -0.1) is 0 Å². The van der Waals surface area contributed by atoms with Crippen LogP contribution in [0.1, 0.15) is 6.92 Å². The summed E-state index contributed by atoms with van der Waals surface area (Å²) in [6.07, 6.45) is 0. The average molecular weight is 202 g/mol. The van der Waals surface area contributed by atoms with Crippen LogP contribution in [0.25, 0.3) is 0 Å². The van der Waals surface area contributed by atoms with Crippen LogP contribution in [0.15, 0.2) is 0 Å². The Morgan fingerprint density at radius 1 is 1.78 bits per heavy atom. The van der Waals surface area contributed by atoms with Crippen LogP contribution in [0.5, 0.6) is 0 Å². The third kappa shape index (κ3) is 5.32. The van der Waals surface area contributed by atoms with Gasteiger partial charge in [0.15, 0.2) is 0 Å². The first-order chi connectivity index (χ1) is 4.18. The highest BCUT2D eigenvalue weighted by Gasteiger charge is 2.10. The van der Waals surface area contributed by atoms with Gasteiger partial charge in [-0.05, 0) is 26.6 Å². The molecule has 0 aromatic heterocycles. The first-order valence-electron chi connectivity index (χ1n) is 2.05. The molecule has 1 atom stereocenters. The van der Waals surface area contributed by atoms with Crippen molar-refractivity contribution in [2.75, 3.05) is 0 Å². The van der Waals surface area contributed by atoms with Crippen molar-refractivity contribution in [2.45, 2.75) is 12.2 Å². The number of carbonyl (C=O) groups is 1. The molecular weight excluding hydrogens is 196 g/mol. The fraction of sp³-hybridized carbons (Fsp3) is 0.667. The maximum atomic E-state index is 10.1. The van der Waals surface area contributed by atoms with Crippen LogP contribution in [-0.2, 0) is 4.79 Å². The van der Waals surface area contributed by atoms with Gasteiger partial charge < -0.3 is 5.11 Å². The molecule has 0 heterocycles. The van der Waals surface area contributed by atoms with Crippen molar-refractivity contribution >= 4 is 48.1 Å². The van der Waals surface area contributed by atoms with Crippen molar-refractivity contribution in [1.82, 2.24) is 0 Å². The van der Waals surface area contributed by atoms with E-state index in [0.717, 1.165) is 0 Å². The second-order valence-electron chi connectivity index (χ2n) is 1.22. The van der Waals surface area contributed by atoms with Gasteiger partial charge in [-0.2, -0.15) is 0 Å². The van der Waals surface area contributed by atoms with E-state index in [-0.39, 0.29) is 5.25 Å². The van der Waals surface area contributed by atoms with Gasteiger partial charge in [0.05, 0.1) is 0 Å². The second kappa shape index (κ2) is 5.64. The Balaban J connectivity index is 3.27. The number of carboxylic acid groups (broad SMARTS) is 1. The molecule has 0 fully saturated rings. The zero-order chi connectivity index (χ0) is 7.28. The van der Waals surface area contributed by atoms with E-state index in [1.165, 1.54) is 30.4 Å². The van der Waals surface area contributed by atoms with Crippen molar-refractivity contribution in [3.05, 3.63) is 0 Å². The van der Waals surface area contributed by atoms with Gasteiger partial charge in [0, 0.05) is 0 Å². The highest BCUT2D eigenvalue weighted by Crippen LogP contribution is 2.39. The molecular formula is C3H6O2S4. The van der Waals surface area contributed by atoms with E-state index >= 15 is 0 Å². The van der Waals surface area contributed by atoms with E-state index in [0.29, 0.717) is 0 Å². The minimum Gasteiger partial charge on any atom is -0.480 e. The van der Waals surface area contributed by atoms with Crippen LogP contribution in [0, 0.1) is 0 Å². The van der Waals surface area contributed by atoms with Gasteiger partial charge in [-0.3, -0.25) is 4.79 Å². The molecule has 0 rings (SSSR count). The summed E-state index contributed by atoms with van der Waals surface area (Å²) in [5, 5.41) is 7.99. The molecule has 1 N–H and O–H groups in total. The van der Waals surface area contributed by atoms with Crippen LogP contribution in [0.2, 0.25) is 0 Å². The summed E-state index contributed by atoms with van der Waals surface area (Å²) in [4.78, 5) is 10.1. The van der Waals surface area contributed by atoms with Crippen molar-refractivity contribution in [2.24, 2.45) is 0 Å². The van der Waals surface area contributed by atoms with Gasteiger partial charge >= 0.3 is 5.97 Å². The average Bonchev–Trinajstić information content (AvgIpc) is 1.82. The Morgan fingerprint density at radius 2 is 2.33 bits per heavy atom. The summed E-state index contributed by atoms with van der Waals surface area (Å²) in [5.74, 6) is -0.783. The van der Waals surface area contributed by atoms with Crippen molar-refractivity contribution in [1.29, 1.82) is 0 Å². The Hall–Kier alpha value is 0.870. The van der Waals surface area contributed by atoms with Crippen LogP contribution < -0.4 is 0 Å². The fourth-order valence-corrected chi connectivity index (χ4v) is 3.38. The van der Waals surface area contributed by atoms with E-state index < -0.39 is 5.97 Å². The van der Waals surface area contributed by atoms with Crippen molar-refractivity contribution < 1.29 is 9.90 Å². The quantitative estimate of drug-likeness (QED) is 0.540. The Kier molecular flexibility index (Phi) is 6.18. The summed E-state index contributed by atoms with van der Waals surface area (Å²) in [5.41, 5.74) is 0. The molecule has 0 radical (unpaired) electrons. The maximum absolute atomic E-state index is 10.1. The Labute approximate surface area is 70.1 Å². The minimum absolute atomic E-state index is 0.352. The van der Waals surface area contributed by atoms with E-state index in [1.54, 1.807) is 6.92 Å². The summed E-state index contributed by atoms with van der Waals surface area (Å²) in [7, 11) is 3.91. The first-order valence-corrected chi connectivity index (χ1v) is 6.64. The van der Waals surface area contributed by atoms with E-state index in [2.05, 4.69) is 11.7 Å². The third-order valence-corrected chi connectivity index (χ3v) is 5.37. The molecule has 9 heavy (non-hydrogen) atoms. The lowest BCUT2D eigenvalue weighted by atomic mass is 10.5. The van der Waals surface area contributed by atoms with E-state index in [9.17, 15) is 4.79 Å². The summed E-state index contributed by atoms with van der Waals surface area (Å²) in [6.45, 7) is 1.64. The van der Waals surface area contributed by atoms with Crippen LogP contribution >= 0.6 is 42.1 Å². The number of hydrogen-bond acceptors (Lipinski definition) is 5. The SMILES string of the molecule is CC(SSSS)C(=O)O. The predicted molar refractivity (Wildman–Crippen MR) is 48.9 cm³/mol. The molecule has 0 spiro atoms. The van der Waals surface area contributed by atoms with Gasteiger partial charge in [-0.25, -0.2) is 0 Å². The van der Waals surface area contributed by atoms with Gasteiger partial charge in [-0.1, -0.05) is 22.5 Å². The largest absolute Gasteiger partial charge is 0.480 e. The van der Waals surface area contributed by atoms with E-state index in [4.69, 9.17) is 5.11 Å². The van der Waals surface area contributed by atoms with Crippen LogP contribution in [-0.4, -0.2) is 16.3 Å². The van der Waals surface area contributed by atoms with Crippen molar-refractivity contribution in [3.63, 3.8) is 0 Å². The highest BCUT2D eigenvalue weighted by atomic mass is 33.7. The molecule has 0 saturated heterocycles. The molecule has 0 aromatic carbocycles. The van der Waals surface area contributed by atoms with E-state index in [1.807, 2.05) is 0 Å². The van der Waals surface area contributed by atoms with Crippen LogP contribution in [0.3, 0.4) is 0 Å². The molecule has 0 bridgehead atoms. The molecule has 1 unspecified atom stereocenters. The lowest BCUT2D eigenvalue weighted by Gasteiger charge is -2.00. The summed E-state index contributed by atoms with van der Waals surface area (Å²) < 4.78 is 0. The van der Waals surface area contributed by atoms with Crippen LogP contribution in [0.4, 0.5) is 0 Å². The summed E-state index contributed by atoms with van der Waals surface area (Å²) in [6, 6.07) is 0. The molecule has 0 aliphatic heterocycles. The zero-order valence-corrected chi connectivity index (χ0v) is 7.95. The number of thiol groups is 1. The molecule has 0 saturated carbocycles.